The molecule has 1 aromatic carbocycles. The van der Waals surface area contributed by atoms with Crippen LogP contribution in [0.15, 0.2) is 24.3 Å². The Kier molecular flexibility index (Phi) is 6.36. The molecule has 0 radical (unpaired) electrons. The summed E-state index contributed by atoms with van der Waals surface area (Å²) in [7, 11) is 0. The summed E-state index contributed by atoms with van der Waals surface area (Å²) in [5.74, 6) is 0.388. The molecule has 1 rings (SSSR count). The largest absolute Gasteiger partial charge is 0.489 e. The maximum atomic E-state index is 11.7. The van der Waals surface area contributed by atoms with Crippen molar-refractivity contribution in [3.05, 3.63) is 29.3 Å². The lowest BCUT2D eigenvalue weighted by Gasteiger charge is -2.14. The molecular weight excluding hydrogens is 287 g/mol. The van der Waals surface area contributed by atoms with Crippen LogP contribution in [0.5, 0.6) is 5.75 Å². The van der Waals surface area contributed by atoms with Gasteiger partial charge in [-0.1, -0.05) is 23.7 Å². The number of hydrogen-bond donors (Lipinski definition) is 2. The van der Waals surface area contributed by atoms with Crippen molar-refractivity contribution in [2.75, 3.05) is 19.8 Å². The fraction of sp³-hybridized carbons (Fsp3) is 0.455. The van der Waals surface area contributed by atoms with E-state index >= 15 is 0 Å². The quantitative estimate of drug-likeness (QED) is 0.598. The molecule has 2 N–H and O–H groups in total. The molecule has 0 amide bonds. The first-order chi connectivity index (χ1) is 8.88. The molecule has 0 saturated carbocycles. The highest BCUT2D eigenvalue weighted by Crippen LogP contribution is 2.23. The van der Waals surface area contributed by atoms with E-state index in [1.54, 1.807) is 24.3 Å². The molecule has 0 bridgehead atoms. The van der Waals surface area contributed by atoms with Crippen molar-refractivity contribution in [3.8, 4) is 5.75 Å². The minimum atomic E-state index is -4.41. The van der Waals surface area contributed by atoms with Crippen LogP contribution in [0.2, 0.25) is 5.02 Å². The number of benzene rings is 1. The second kappa shape index (κ2) is 7.54. The van der Waals surface area contributed by atoms with Crippen LogP contribution in [0.4, 0.5) is 13.2 Å². The Morgan fingerprint density at radius 2 is 2.00 bits per heavy atom. The van der Waals surface area contributed by atoms with Gasteiger partial charge in [-0.25, -0.2) is 0 Å². The molecule has 1 aromatic rings. The summed E-state index contributed by atoms with van der Waals surface area (Å²) in [4.78, 5) is 4.13. The molecule has 0 aliphatic carbocycles. The smallest absolute Gasteiger partial charge is 0.413 e. The van der Waals surface area contributed by atoms with E-state index in [4.69, 9.17) is 16.3 Å². The Labute approximate surface area is 113 Å². The number of nitrogens with one attached hydrogen (secondary N) is 1. The van der Waals surface area contributed by atoms with Gasteiger partial charge in [0.05, 0.1) is 11.6 Å². The van der Waals surface area contributed by atoms with E-state index in [9.17, 15) is 18.3 Å². The first-order valence-corrected chi connectivity index (χ1v) is 5.73. The van der Waals surface area contributed by atoms with Crippen molar-refractivity contribution in [3.63, 3.8) is 0 Å². The minimum Gasteiger partial charge on any atom is -0.489 e. The first kappa shape index (κ1) is 16.0. The predicted octanol–water partition coefficient (Wildman–Crippen LogP) is 2.16. The van der Waals surface area contributed by atoms with E-state index in [0.29, 0.717) is 10.8 Å². The molecule has 0 fully saturated rings. The molecule has 1 unspecified atom stereocenters. The van der Waals surface area contributed by atoms with E-state index in [-0.39, 0.29) is 13.2 Å². The van der Waals surface area contributed by atoms with Gasteiger partial charge in [0.2, 0.25) is 0 Å². The molecule has 0 saturated heterocycles. The highest BCUT2D eigenvalue weighted by molar-refractivity contribution is 6.32. The molecule has 0 aliphatic heterocycles. The molecule has 8 heteroatoms. The number of aliphatic hydroxyl groups excluding tert-OH is 1. The van der Waals surface area contributed by atoms with Crippen LogP contribution in [-0.4, -0.2) is 37.1 Å². The predicted molar refractivity (Wildman–Crippen MR) is 63.0 cm³/mol. The second-order valence-corrected chi connectivity index (χ2v) is 4.05. The summed E-state index contributed by atoms with van der Waals surface area (Å²) >= 11 is 5.81. The van der Waals surface area contributed by atoms with Crippen LogP contribution in [0.3, 0.4) is 0 Å². The molecule has 108 valence electrons. The monoisotopic (exact) mass is 299 g/mol. The third-order valence-corrected chi connectivity index (χ3v) is 2.24. The lowest BCUT2D eigenvalue weighted by atomic mass is 10.3. The number of hydrogen-bond acceptors (Lipinski definition) is 4. The van der Waals surface area contributed by atoms with E-state index in [2.05, 4.69) is 4.84 Å². The van der Waals surface area contributed by atoms with Crippen molar-refractivity contribution in [2.24, 2.45) is 0 Å². The fourth-order valence-corrected chi connectivity index (χ4v) is 1.28. The highest BCUT2D eigenvalue weighted by Gasteiger charge is 2.27. The Balaban J connectivity index is 2.18. The number of hydroxylamine groups is 1. The van der Waals surface area contributed by atoms with Gasteiger partial charge in [-0.2, -0.15) is 18.7 Å². The van der Waals surface area contributed by atoms with Gasteiger partial charge in [-0.15, -0.1) is 0 Å². The summed E-state index contributed by atoms with van der Waals surface area (Å²) in [6, 6.07) is 6.66. The van der Waals surface area contributed by atoms with Crippen LogP contribution in [0.1, 0.15) is 0 Å². The van der Waals surface area contributed by atoms with Crippen molar-refractivity contribution in [1.82, 2.24) is 5.48 Å². The van der Waals surface area contributed by atoms with Crippen molar-refractivity contribution >= 4 is 11.6 Å². The molecule has 0 spiro atoms. The first-order valence-electron chi connectivity index (χ1n) is 5.35. The Hall–Kier alpha value is -1.02. The Bertz CT molecular complexity index is 390. The molecule has 0 aromatic heterocycles. The molecule has 0 heterocycles. The molecular formula is C11H13ClF3NO3. The summed E-state index contributed by atoms with van der Waals surface area (Å²) in [6.45, 7) is -1.74. The average Bonchev–Trinajstić information content (AvgIpc) is 2.32. The third kappa shape index (κ3) is 7.22. The van der Waals surface area contributed by atoms with Crippen LogP contribution in [0.25, 0.3) is 0 Å². The van der Waals surface area contributed by atoms with Gasteiger partial charge in [0.25, 0.3) is 0 Å². The van der Waals surface area contributed by atoms with Gasteiger partial charge >= 0.3 is 6.18 Å². The Morgan fingerprint density at radius 3 is 2.63 bits per heavy atom. The SMILES string of the molecule is OC(CNOCC(F)(F)F)COc1ccccc1Cl. The minimum absolute atomic E-state index is 0.119. The Morgan fingerprint density at radius 1 is 1.32 bits per heavy atom. The number of para-hydroxylation sites is 1. The molecule has 4 nitrogen and oxygen atoms in total. The van der Waals surface area contributed by atoms with Gasteiger partial charge in [-0.3, -0.25) is 4.84 Å². The van der Waals surface area contributed by atoms with Crippen molar-refractivity contribution < 1.29 is 27.9 Å². The number of ether oxygens (including phenoxy) is 1. The van der Waals surface area contributed by atoms with Crippen LogP contribution < -0.4 is 10.2 Å². The summed E-state index contributed by atoms with van der Waals surface area (Å²) in [5.41, 5.74) is 2.01. The summed E-state index contributed by atoms with van der Waals surface area (Å²) in [5, 5.41) is 9.82. The summed E-state index contributed by atoms with van der Waals surface area (Å²) in [6.07, 6.45) is -5.43. The third-order valence-electron chi connectivity index (χ3n) is 1.92. The second-order valence-electron chi connectivity index (χ2n) is 3.65. The fourth-order valence-electron chi connectivity index (χ4n) is 1.09. The number of halogens is 4. The van der Waals surface area contributed by atoms with Crippen LogP contribution in [0, 0.1) is 0 Å². The standard InChI is InChI=1S/C11H13ClF3NO3/c12-9-3-1-2-4-10(9)18-6-8(17)5-16-19-7-11(13,14)15/h1-4,8,16-17H,5-7H2. The van der Waals surface area contributed by atoms with Crippen molar-refractivity contribution in [1.29, 1.82) is 0 Å². The number of rotatable bonds is 7. The molecule has 1 atom stereocenters. The van der Waals surface area contributed by atoms with Gasteiger partial charge in [0, 0.05) is 0 Å². The zero-order valence-corrected chi connectivity index (χ0v) is 10.5. The van der Waals surface area contributed by atoms with Crippen LogP contribution in [-0.2, 0) is 4.84 Å². The molecule has 19 heavy (non-hydrogen) atoms. The number of alkyl halides is 3. The van der Waals surface area contributed by atoms with E-state index in [1.165, 1.54) is 0 Å². The normalized spacial score (nSPS) is 13.3. The maximum absolute atomic E-state index is 11.7. The lowest BCUT2D eigenvalue weighted by molar-refractivity contribution is -0.191. The zero-order chi connectivity index (χ0) is 14.3. The topological polar surface area (TPSA) is 50.7 Å². The van der Waals surface area contributed by atoms with Crippen LogP contribution >= 0.6 is 11.6 Å². The molecule has 0 aliphatic rings. The summed E-state index contributed by atoms with van der Waals surface area (Å²) < 4.78 is 40.4. The van der Waals surface area contributed by atoms with E-state index in [0.717, 1.165) is 0 Å². The maximum Gasteiger partial charge on any atom is 0.413 e. The van der Waals surface area contributed by atoms with E-state index in [1.807, 2.05) is 5.48 Å². The van der Waals surface area contributed by atoms with Crippen molar-refractivity contribution in [2.45, 2.75) is 12.3 Å². The lowest BCUT2D eigenvalue weighted by Crippen LogP contribution is -2.34. The van der Waals surface area contributed by atoms with Gasteiger partial charge in [-0.05, 0) is 12.1 Å². The van der Waals surface area contributed by atoms with Gasteiger partial charge < -0.3 is 9.84 Å². The van der Waals surface area contributed by atoms with Gasteiger partial charge in [0.1, 0.15) is 18.5 Å². The highest BCUT2D eigenvalue weighted by atomic mass is 35.5. The average molecular weight is 300 g/mol. The number of aliphatic hydroxyl groups is 1. The van der Waals surface area contributed by atoms with E-state index < -0.39 is 18.9 Å². The zero-order valence-electron chi connectivity index (χ0n) is 9.78. The van der Waals surface area contributed by atoms with Gasteiger partial charge in [0.15, 0.2) is 6.61 Å².